The monoisotopic (exact) mass is 269 g/mol. The normalized spacial score (nSPS) is 29.4. The molecule has 7 heteroatoms. The summed E-state index contributed by atoms with van der Waals surface area (Å²) in [4.78, 5) is 15.8. The van der Waals surface area contributed by atoms with Gasteiger partial charge in [-0.15, -0.1) is 0 Å². The minimum Gasteiger partial charge on any atom is -0.394 e. The molecule has 1 aromatic rings. The quantitative estimate of drug-likeness (QED) is 0.688. The van der Waals surface area contributed by atoms with Gasteiger partial charge in [0, 0.05) is 18.7 Å². The number of hydrogen-bond donors (Lipinski definition) is 3. The predicted molar refractivity (Wildman–Crippen MR) is 68.8 cm³/mol. The fourth-order valence-corrected chi connectivity index (χ4v) is 2.34. The average molecular weight is 269 g/mol. The van der Waals surface area contributed by atoms with Crippen LogP contribution in [0.2, 0.25) is 0 Å². The highest BCUT2D eigenvalue weighted by atomic mass is 16.5. The Bertz CT molecular complexity index is 514. The van der Waals surface area contributed by atoms with Crippen molar-refractivity contribution in [2.24, 2.45) is 5.41 Å². The summed E-state index contributed by atoms with van der Waals surface area (Å²) in [5.41, 5.74) is -1.16. The molecule has 0 saturated carbocycles. The molecule has 0 spiro atoms. The highest BCUT2D eigenvalue weighted by Crippen LogP contribution is 2.44. The molecule has 3 N–H and O–H groups in total. The first kappa shape index (κ1) is 14.0. The smallest absolute Gasteiger partial charge is 0.351 e. The lowest BCUT2D eigenvalue weighted by Crippen LogP contribution is -2.38. The van der Waals surface area contributed by atoms with Gasteiger partial charge in [-0.2, -0.15) is 4.98 Å². The molecule has 0 aromatic carbocycles. The van der Waals surface area contributed by atoms with E-state index >= 15 is 0 Å². The van der Waals surface area contributed by atoms with E-state index in [-0.39, 0.29) is 6.61 Å². The molecule has 0 aliphatic carbocycles. The molecule has 1 fully saturated rings. The van der Waals surface area contributed by atoms with Gasteiger partial charge in [0.2, 0.25) is 0 Å². The Hall–Kier alpha value is -1.44. The van der Waals surface area contributed by atoms with Crippen LogP contribution < -0.4 is 11.0 Å². The standard InChI is InChI=1S/C12H19N3O4/c1-12(2)9(17)7(6-16)19-10(12)15-5-4-8(13-3)14-11(15)18/h4-5,7,9-10,16-17H,6H2,1-3H3,(H,13,14,18)/t7-,9+,10-/m1/s1. The van der Waals surface area contributed by atoms with Gasteiger partial charge in [0.1, 0.15) is 18.1 Å². The van der Waals surface area contributed by atoms with E-state index in [4.69, 9.17) is 4.74 Å². The van der Waals surface area contributed by atoms with Crippen molar-refractivity contribution in [2.45, 2.75) is 32.3 Å². The lowest BCUT2D eigenvalue weighted by molar-refractivity contribution is -0.0529. The van der Waals surface area contributed by atoms with Gasteiger partial charge in [0.15, 0.2) is 0 Å². The molecule has 0 bridgehead atoms. The largest absolute Gasteiger partial charge is 0.394 e. The molecule has 2 heterocycles. The summed E-state index contributed by atoms with van der Waals surface area (Å²) in [5.74, 6) is 0.469. The van der Waals surface area contributed by atoms with Gasteiger partial charge in [-0.25, -0.2) is 4.79 Å². The third-order valence-electron chi connectivity index (χ3n) is 3.57. The van der Waals surface area contributed by atoms with E-state index in [1.54, 1.807) is 33.2 Å². The number of aliphatic hydroxyl groups is 2. The van der Waals surface area contributed by atoms with Gasteiger partial charge >= 0.3 is 5.69 Å². The Morgan fingerprint density at radius 1 is 1.58 bits per heavy atom. The average Bonchev–Trinajstić information content (AvgIpc) is 2.61. The Labute approximate surface area is 110 Å². The number of nitrogens with one attached hydrogen (secondary N) is 1. The predicted octanol–water partition coefficient (Wildman–Crippen LogP) is -0.438. The maximum atomic E-state index is 12.0. The van der Waals surface area contributed by atoms with Crippen LogP contribution in [0.25, 0.3) is 0 Å². The Balaban J connectivity index is 2.39. The zero-order valence-corrected chi connectivity index (χ0v) is 11.2. The van der Waals surface area contributed by atoms with Crippen molar-refractivity contribution in [3.05, 3.63) is 22.7 Å². The van der Waals surface area contributed by atoms with Crippen molar-refractivity contribution < 1.29 is 14.9 Å². The maximum absolute atomic E-state index is 12.0. The number of aliphatic hydroxyl groups excluding tert-OH is 2. The highest BCUT2D eigenvalue weighted by Gasteiger charge is 2.50. The van der Waals surface area contributed by atoms with Crippen molar-refractivity contribution in [2.75, 3.05) is 19.0 Å². The Morgan fingerprint density at radius 3 is 2.74 bits per heavy atom. The molecule has 1 aliphatic rings. The Kier molecular flexibility index (Phi) is 3.62. The molecule has 0 unspecified atom stereocenters. The number of anilines is 1. The van der Waals surface area contributed by atoms with E-state index in [2.05, 4.69) is 10.3 Å². The zero-order valence-electron chi connectivity index (χ0n) is 11.2. The minimum absolute atomic E-state index is 0.294. The summed E-state index contributed by atoms with van der Waals surface area (Å²) < 4.78 is 6.91. The molecule has 7 nitrogen and oxygen atoms in total. The number of rotatable bonds is 3. The third-order valence-corrected chi connectivity index (χ3v) is 3.57. The second kappa shape index (κ2) is 4.92. The van der Waals surface area contributed by atoms with Crippen LogP contribution in [-0.2, 0) is 4.74 Å². The van der Waals surface area contributed by atoms with E-state index in [1.807, 2.05) is 0 Å². The highest BCUT2D eigenvalue weighted by molar-refractivity contribution is 5.30. The van der Waals surface area contributed by atoms with Crippen LogP contribution in [0.3, 0.4) is 0 Å². The molecular weight excluding hydrogens is 250 g/mol. The summed E-state index contributed by atoms with van der Waals surface area (Å²) >= 11 is 0. The summed E-state index contributed by atoms with van der Waals surface area (Å²) in [7, 11) is 1.67. The molecule has 0 radical (unpaired) electrons. The van der Waals surface area contributed by atoms with Crippen molar-refractivity contribution >= 4 is 5.82 Å². The third kappa shape index (κ3) is 2.24. The van der Waals surface area contributed by atoms with Gasteiger partial charge in [-0.1, -0.05) is 13.8 Å². The minimum atomic E-state index is -0.849. The topological polar surface area (TPSA) is 96.6 Å². The first-order valence-electron chi connectivity index (χ1n) is 6.13. The van der Waals surface area contributed by atoms with E-state index < -0.39 is 29.5 Å². The second-order valence-electron chi connectivity index (χ2n) is 5.23. The number of nitrogens with zero attached hydrogens (tertiary/aromatic N) is 2. The van der Waals surface area contributed by atoms with Crippen LogP contribution in [0.4, 0.5) is 5.82 Å². The van der Waals surface area contributed by atoms with E-state index in [0.717, 1.165) is 0 Å². The summed E-state index contributed by atoms with van der Waals surface area (Å²) in [6.07, 6.45) is -0.639. The van der Waals surface area contributed by atoms with Gasteiger partial charge in [0.25, 0.3) is 0 Å². The number of hydrogen-bond acceptors (Lipinski definition) is 6. The van der Waals surface area contributed by atoms with Gasteiger partial charge in [-0.3, -0.25) is 4.57 Å². The summed E-state index contributed by atoms with van der Waals surface area (Å²) in [5, 5.41) is 22.1. The van der Waals surface area contributed by atoms with Crippen LogP contribution in [-0.4, -0.2) is 45.6 Å². The van der Waals surface area contributed by atoms with Crippen molar-refractivity contribution in [3.8, 4) is 0 Å². The molecule has 1 saturated heterocycles. The molecule has 1 aromatic heterocycles. The van der Waals surface area contributed by atoms with E-state index in [0.29, 0.717) is 5.82 Å². The fraction of sp³-hybridized carbons (Fsp3) is 0.667. The van der Waals surface area contributed by atoms with Crippen LogP contribution in [0.15, 0.2) is 17.1 Å². The SMILES string of the molecule is CNc1ccn([C@@H]2O[C@H](CO)[C@H](O)C2(C)C)c(=O)n1. The van der Waals surface area contributed by atoms with Crippen LogP contribution in [0.5, 0.6) is 0 Å². The Morgan fingerprint density at radius 2 is 2.26 bits per heavy atom. The number of ether oxygens (including phenoxy) is 1. The molecule has 0 amide bonds. The molecule has 2 rings (SSSR count). The van der Waals surface area contributed by atoms with Crippen LogP contribution >= 0.6 is 0 Å². The molecule has 3 atom stereocenters. The maximum Gasteiger partial charge on any atom is 0.351 e. The van der Waals surface area contributed by atoms with E-state index in [1.165, 1.54) is 4.57 Å². The van der Waals surface area contributed by atoms with Crippen molar-refractivity contribution in [1.29, 1.82) is 0 Å². The van der Waals surface area contributed by atoms with Gasteiger partial charge in [-0.05, 0) is 6.07 Å². The lowest BCUT2D eigenvalue weighted by atomic mass is 9.84. The van der Waals surface area contributed by atoms with Crippen LogP contribution in [0, 0.1) is 5.41 Å². The first-order chi connectivity index (χ1) is 8.91. The lowest BCUT2D eigenvalue weighted by Gasteiger charge is -2.28. The van der Waals surface area contributed by atoms with E-state index in [9.17, 15) is 15.0 Å². The van der Waals surface area contributed by atoms with Crippen LogP contribution in [0.1, 0.15) is 20.1 Å². The summed E-state index contributed by atoms with van der Waals surface area (Å²) in [6.45, 7) is 3.28. The van der Waals surface area contributed by atoms with Crippen molar-refractivity contribution in [1.82, 2.24) is 9.55 Å². The van der Waals surface area contributed by atoms with Gasteiger partial charge in [0.05, 0.1) is 12.7 Å². The first-order valence-corrected chi connectivity index (χ1v) is 6.13. The molecule has 1 aliphatic heterocycles. The van der Waals surface area contributed by atoms with Gasteiger partial charge < -0.3 is 20.3 Å². The van der Waals surface area contributed by atoms with Crippen molar-refractivity contribution in [3.63, 3.8) is 0 Å². The second-order valence-corrected chi connectivity index (χ2v) is 5.23. The molecule has 19 heavy (non-hydrogen) atoms. The fourth-order valence-electron chi connectivity index (χ4n) is 2.34. The zero-order chi connectivity index (χ0) is 14.2. The molecule has 106 valence electrons. The summed E-state index contributed by atoms with van der Waals surface area (Å²) in [6, 6.07) is 1.65. The number of aromatic nitrogens is 2. The molecular formula is C12H19N3O4.